The maximum Gasteiger partial charge on any atom is 0.448 e. The molecule has 1 aromatic carbocycles. The van der Waals surface area contributed by atoms with E-state index in [4.69, 9.17) is 9.79 Å². The molecule has 0 saturated heterocycles. The van der Waals surface area contributed by atoms with Crippen LogP contribution in [0.5, 0.6) is 5.75 Å². The maximum atomic E-state index is 12.6. The molecule has 1 aromatic rings. The number of phenolic OH excluding ortho intramolecular Hbond substituents is 1. The summed E-state index contributed by atoms with van der Waals surface area (Å²) in [5.41, 5.74) is 0.527. The van der Waals surface area contributed by atoms with Crippen LogP contribution >= 0.6 is 7.75 Å². The average molecular weight is 337 g/mol. The smallest absolute Gasteiger partial charge is 0.448 e. The van der Waals surface area contributed by atoms with Gasteiger partial charge in [0.15, 0.2) is 5.78 Å². The van der Waals surface area contributed by atoms with Crippen molar-refractivity contribution in [1.29, 1.82) is 0 Å². The number of phenols is 1. The Kier molecular flexibility index (Phi) is 4.85. The average Bonchev–Trinajstić information content (AvgIpc) is 2.47. The number of ketones is 1. The molecule has 0 fully saturated rings. The number of carbonyl (C=O) groups is 1. The monoisotopic (exact) mass is 337 g/mol. The third-order valence-corrected chi connectivity index (χ3v) is 3.91. The molecule has 8 heteroatoms. The normalized spacial score (nSPS) is 18.3. The second-order valence-corrected chi connectivity index (χ2v) is 6.36. The van der Waals surface area contributed by atoms with Crippen LogP contribution in [0.3, 0.4) is 0 Å². The first-order valence-electron chi connectivity index (χ1n) is 6.76. The van der Waals surface area contributed by atoms with Gasteiger partial charge in [-0.05, 0) is 29.8 Å². The zero-order valence-electron chi connectivity index (χ0n) is 12.2. The van der Waals surface area contributed by atoms with Crippen molar-refractivity contribution in [3.05, 3.63) is 53.3 Å². The van der Waals surface area contributed by atoms with Gasteiger partial charge in [-0.25, -0.2) is 4.57 Å². The van der Waals surface area contributed by atoms with Crippen LogP contribution in [0.2, 0.25) is 0 Å². The molecule has 0 amide bonds. The molecule has 1 atom stereocenters. The second-order valence-electron chi connectivity index (χ2n) is 5.13. The summed E-state index contributed by atoms with van der Waals surface area (Å²) < 4.78 is 14.4. The number of hydrogen-bond acceptors (Lipinski definition) is 4. The number of carbonyl (C=O) groups excluding carboxylic acids is 1. The molecule has 0 aromatic heterocycles. The van der Waals surface area contributed by atoms with Crippen LogP contribution in [-0.4, -0.2) is 31.5 Å². The standard InChI is InChI=1S/C15H16NO6P/c1-9(10-2-4-11(17)5-3-10)15(19)13-8-12(18)6-7-14(13)16-23(20,21)22/h2-6,8-9,17-18H,7H2,1H3,(H2,20,21,22). The van der Waals surface area contributed by atoms with Crippen LogP contribution in [0.1, 0.15) is 24.8 Å². The lowest BCUT2D eigenvalue weighted by Crippen LogP contribution is -2.20. The fourth-order valence-corrected chi connectivity index (χ4v) is 2.72. The van der Waals surface area contributed by atoms with Gasteiger partial charge in [0.25, 0.3) is 0 Å². The Morgan fingerprint density at radius 1 is 1.22 bits per heavy atom. The van der Waals surface area contributed by atoms with E-state index in [1.54, 1.807) is 19.1 Å². The summed E-state index contributed by atoms with van der Waals surface area (Å²) >= 11 is 0. The minimum absolute atomic E-state index is 0.0334. The van der Waals surface area contributed by atoms with E-state index < -0.39 is 19.4 Å². The van der Waals surface area contributed by atoms with Gasteiger partial charge in [-0.15, -0.1) is 0 Å². The predicted molar refractivity (Wildman–Crippen MR) is 84.4 cm³/mol. The molecule has 2 rings (SSSR count). The first kappa shape index (κ1) is 17.1. The van der Waals surface area contributed by atoms with Crippen molar-refractivity contribution in [3.63, 3.8) is 0 Å². The fourth-order valence-electron chi connectivity index (χ4n) is 2.21. The number of nitrogens with zero attached hydrogens (tertiary/aromatic N) is 1. The van der Waals surface area contributed by atoms with E-state index in [9.17, 15) is 19.6 Å². The topological polar surface area (TPSA) is 127 Å². The summed E-state index contributed by atoms with van der Waals surface area (Å²) in [5, 5.41) is 18.9. The molecule has 0 aliphatic heterocycles. The molecule has 0 heterocycles. The van der Waals surface area contributed by atoms with E-state index in [1.807, 2.05) is 0 Å². The van der Waals surface area contributed by atoms with Gasteiger partial charge >= 0.3 is 7.75 Å². The SMILES string of the molecule is CC(C(=O)C1=CC(O)=CCC1=NP(=O)(O)O)c1ccc(O)cc1. The highest BCUT2D eigenvalue weighted by molar-refractivity contribution is 7.50. The number of allylic oxidation sites excluding steroid dienone is 3. The highest BCUT2D eigenvalue weighted by Crippen LogP contribution is 2.38. The Bertz CT molecular complexity index is 757. The van der Waals surface area contributed by atoms with Gasteiger partial charge in [0.05, 0.1) is 5.71 Å². The summed E-state index contributed by atoms with van der Waals surface area (Å²) in [5.74, 6) is -1.15. The minimum atomic E-state index is -4.69. The number of aliphatic hydroxyl groups is 1. The van der Waals surface area contributed by atoms with E-state index in [0.717, 1.165) is 6.08 Å². The van der Waals surface area contributed by atoms with E-state index in [-0.39, 0.29) is 29.2 Å². The van der Waals surface area contributed by atoms with Crippen molar-refractivity contribution in [2.45, 2.75) is 19.3 Å². The Morgan fingerprint density at radius 3 is 2.39 bits per heavy atom. The van der Waals surface area contributed by atoms with E-state index in [1.165, 1.54) is 18.2 Å². The van der Waals surface area contributed by atoms with Crippen LogP contribution in [0, 0.1) is 0 Å². The number of aromatic hydroxyl groups is 1. The molecular formula is C15H16NO6P. The second kappa shape index (κ2) is 6.50. The fraction of sp³-hybridized carbons (Fsp3) is 0.200. The summed E-state index contributed by atoms with van der Waals surface area (Å²) in [6.07, 6.45) is 2.42. The lowest BCUT2D eigenvalue weighted by Gasteiger charge is -2.17. The third-order valence-electron chi connectivity index (χ3n) is 3.41. The van der Waals surface area contributed by atoms with E-state index in [2.05, 4.69) is 4.76 Å². The van der Waals surface area contributed by atoms with Gasteiger partial charge in [0.1, 0.15) is 11.5 Å². The molecule has 1 aliphatic carbocycles. The predicted octanol–water partition coefficient (Wildman–Crippen LogP) is 2.37. The van der Waals surface area contributed by atoms with Crippen LogP contribution in [0.15, 0.2) is 52.5 Å². The summed E-state index contributed by atoms with van der Waals surface area (Å²) in [6.45, 7) is 1.63. The lowest BCUT2D eigenvalue weighted by atomic mass is 9.87. The van der Waals surface area contributed by atoms with Crippen molar-refractivity contribution in [2.24, 2.45) is 4.76 Å². The van der Waals surface area contributed by atoms with Gasteiger partial charge in [-0.3, -0.25) is 4.79 Å². The maximum absolute atomic E-state index is 12.6. The molecule has 122 valence electrons. The largest absolute Gasteiger partial charge is 0.508 e. The van der Waals surface area contributed by atoms with Crippen molar-refractivity contribution in [2.75, 3.05) is 0 Å². The molecule has 4 N–H and O–H groups in total. The highest BCUT2D eigenvalue weighted by Gasteiger charge is 2.27. The van der Waals surface area contributed by atoms with Gasteiger partial charge in [-0.2, -0.15) is 4.76 Å². The molecule has 1 unspecified atom stereocenters. The van der Waals surface area contributed by atoms with Gasteiger partial charge in [0, 0.05) is 17.9 Å². The quantitative estimate of drug-likeness (QED) is 0.625. The number of benzene rings is 1. The van der Waals surface area contributed by atoms with Crippen LogP contribution in [-0.2, 0) is 9.36 Å². The zero-order valence-corrected chi connectivity index (χ0v) is 13.1. The highest BCUT2D eigenvalue weighted by atomic mass is 31.2. The van der Waals surface area contributed by atoms with Crippen molar-refractivity contribution >= 4 is 19.2 Å². The molecular weight excluding hydrogens is 321 g/mol. The third kappa shape index (κ3) is 4.39. The lowest BCUT2D eigenvalue weighted by molar-refractivity contribution is -0.116. The van der Waals surface area contributed by atoms with Crippen LogP contribution in [0.25, 0.3) is 0 Å². The Hall–Kier alpha value is -2.21. The molecule has 1 aliphatic rings. The molecule has 23 heavy (non-hydrogen) atoms. The van der Waals surface area contributed by atoms with Gasteiger partial charge in [-0.1, -0.05) is 19.1 Å². The minimum Gasteiger partial charge on any atom is -0.508 e. The van der Waals surface area contributed by atoms with E-state index >= 15 is 0 Å². The van der Waals surface area contributed by atoms with Gasteiger partial charge < -0.3 is 20.0 Å². The molecule has 0 bridgehead atoms. The zero-order chi connectivity index (χ0) is 17.2. The Morgan fingerprint density at radius 2 is 1.83 bits per heavy atom. The Balaban J connectivity index is 2.37. The Labute approximate surface area is 132 Å². The van der Waals surface area contributed by atoms with Crippen molar-refractivity contribution in [1.82, 2.24) is 0 Å². The molecule has 0 saturated carbocycles. The summed E-state index contributed by atoms with van der Waals surface area (Å²) in [7, 11) is -4.69. The van der Waals surface area contributed by atoms with E-state index in [0.29, 0.717) is 5.56 Å². The molecule has 0 spiro atoms. The van der Waals surface area contributed by atoms with Crippen molar-refractivity contribution in [3.8, 4) is 5.75 Å². The number of hydrogen-bond donors (Lipinski definition) is 4. The van der Waals surface area contributed by atoms with Crippen LogP contribution in [0.4, 0.5) is 0 Å². The summed E-state index contributed by atoms with van der Waals surface area (Å²) in [4.78, 5) is 30.6. The van der Waals surface area contributed by atoms with Gasteiger partial charge in [0.2, 0.25) is 0 Å². The first-order valence-corrected chi connectivity index (χ1v) is 8.33. The summed E-state index contributed by atoms with van der Waals surface area (Å²) in [6, 6.07) is 6.04. The number of rotatable bonds is 4. The number of aliphatic hydroxyl groups excluding tert-OH is 1. The van der Waals surface area contributed by atoms with Crippen LogP contribution < -0.4 is 0 Å². The molecule has 7 nitrogen and oxygen atoms in total. The first-order chi connectivity index (χ1) is 10.7. The number of Topliss-reactive ketones (excluding diaryl/α,β-unsaturated/α-hetero) is 1. The van der Waals surface area contributed by atoms with Crippen molar-refractivity contribution < 1.29 is 29.4 Å². The molecule has 0 radical (unpaired) electrons.